The summed E-state index contributed by atoms with van der Waals surface area (Å²) in [6.45, 7) is 4.86. The van der Waals surface area contributed by atoms with E-state index in [-0.39, 0.29) is 12.4 Å². The minimum Gasteiger partial charge on any atom is -0.320 e. The summed E-state index contributed by atoms with van der Waals surface area (Å²) in [4.78, 5) is 0. The van der Waals surface area contributed by atoms with Gasteiger partial charge in [0.05, 0.1) is 18.8 Å². The number of benzene rings is 1. The number of hydrogen-bond donors (Lipinski definition) is 1. The van der Waals surface area contributed by atoms with Crippen molar-refractivity contribution in [2.75, 3.05) is 6.54 Å². The van der Waals surface area contributed by atoms with Crippen molar-refractivity contribution >= 4 is 0 Å². The van der Waals surface area contributed by atoms with Gasteiger partial charge in [-0.2, -0.15) is 5.10 Å². The van der Waals surface area contributed by atoms with Gasteiger partial charge in [-0.05, 0) is 31.0 Å². The van der Waals surface area contributed by atoms with Gasteiger partial charge in [0.25, 0.3) is 0 Å². The van der Waals surface area contributed by atoms with Crippen LogP contribution in [-0.2, 0) is 19.4 Å². The Morgan fingerprint density at radius 1 is 1.24 bits per heavy atom. The Balaban J connectivity index is 2.25. The second-order valence-electron chi connectivity index (χ2n) is 4.80. The van der Waals surface area contributed by atoms with Crippen LogP contribution < -0.4 is 5.73 Å². The standard InChI is InChI=1S/C17H20FN3/c1-3-15-11-16(4-2)21(20-15)12-14-8-7-13(6-5-9-19)10-17(14)18/h7-8,10-11H,3-4,9,12,19H2,1-2H3. The lowest BCUT2D eigenvalue weighted by molar-refractivity contribution is 0.573. The Bertz CT molecular complexity index is 677. The maximum absolute atomic E-state index is 14.1. The molecule has 1 aromatic carbocycles. The van der Waals surface area contributed by atoms with Gasteiger partial charge in [0.15, 0.2) is 0 Å². The lowest BCUT2D eigenvalue weighted by Crippen LogP contribution is -2.07. The summed E-state index contributed by atoms with van der Waals surface area (Å²) < 4.78 is 16.0. The van der Waals surface area contributed by atoms with E-state index in [9.17, 15) is 4.39 Å². The fourth-order valence-electron chi connectivity index (χ4n) is 2.18. The third-order valence-corrected chi connectivity index (χ3v) is 3.35. The molecule has 0 amide bonds. The zero-order chi connectivity index (χ0) is 15.2. The molecule has 2 rings (SSSR count). The maximum Gasteiger partial charge on any atom is 0.129 e. The van der Waals surface area contributed by atoms with Crippen molar-refractivity contribution in [2.24, 2.45) is 5.73 Å². The number of nitrogens with zero attached hydrogens (tertiary/aromatic N) is 2. The van der Waals surface area contributed by atoms with Crippen molar-refractivity contribution in [3.8, 4) is 11.8 Å². The van der Waals surface area contributed by atoms with Gasteiger partial charge >= 0.3 is 0 Å². The molecule has 0 aliphatic heterocycles. The van der Waals surface area contributed by atoms with Gasteiger partial charge in [-0.15, -0.1) is 0 Å². The highest BCUT2D eigenvalue weighted by molar-refractivity contribution is 5.37. The molecule has 0 aliphatic rings. The molecule has 0 unspecified atom stereocenters. The van der Waals surface area contributed by atoms with E-state index in [0.717, 1.165) is 24.2 Å². The summed E-state index contributed by atoms with van der Waals surface area (Å²) in [7, 11) is 0. The Morgan fingerprint density at radius 2 is 2.05 bits per heavy atom. The Hall–Kier alpha value is -2.12. The molecule has 0 bridgehead atoms. The number of aromatic nitrogens is 2. The predicted molar refractivity (Wildman–Crippen MR) is 82.4 cm³/mol. The van der Waals surface area contributed by atoms with Gasteiger partial charge in [0.1, 0.15) is 5.82 Å². The molecule has 2 N–H and O–H groups in total. The average molecular weight is 285 g/mol. The maximum atomic E-state index is 14.1. The third-order valence-electron chi connectivity index (χ3n) is 3.35. The molecule has 3 nitrogen and oxygen atoms in total. The SMILES string of the molecule is CCc1cc(CC)n(Cc2ccc(C#CCN)cc2F)n1. The first-order valence-corrected chi connectivity index (χ1v) is 7.20. The van der Waals surface area contributed by atoms with Gasteiger partial charge in [-0.25, -0.2) is 4.39 Å². The van der Waals surface area contributed by atoms with Crippen LogP contribution in [0.4, 0.5) is 4.39 Å². The highest BCUT2D eigenvalue weighted by atomic mass is 19.1. The smallest absolute Gasteiger partial charge is 0.129 e. The molecule has 0 radical (unpaired) electrons. The van der Waals surface area contributed by atoms with E-state index in [2.05, 4.69) is 36.9 Å². The van der Waals surface area contributed by atoms with Crippen molar-refractivity contribution < 1.29 is 4.39 Å². The lowest BCUT2D eigenvalue weighted by atomic mass is 10.1. The first-order valence-electron chi connectivity index (χ1n) is 7.20. The normalized spacial score (nSPS) is 10.3. The average Bonchev–Trinajstić information content (AvgIpc) is 2.90. The summed E-state index contributed by atoms with van der Waals surface area (Å²) >= 11 is 0. The second kappa shape index (κ2) is 7.05. The van der Waals surface area contributed by atoms with Crippen LogP contribution in [0.2, 0.25) is 0 Å². The van der Waals surface area contributed by atoms with E-state index < -0.39 is 0 Å². The molecule has 2 aromatic rings. The van der Waals surface area contributed by atoms with E-state index >= 15 is 0 Å². The van der Waals surface area contributed by atoms with Gasteiger partial charge in [-0.3, -0.25) is 4.68 Å². The van der Waals surface area contributed by atoms with Crippen molar-refractivity contribution in [2.45, 2.75) is 33.2 Å². The number of hydrogen-bond acceptors (Lipinski definition) is 2. The van der Waals surface area contributed by atoms with E-state index in [1.807, 2.05) is 10.7 Å². The van der Waals surface area contributed by atoms with Crippen LogP contribution in [0.3, 0.4) is 0 Å². The van der Waals surface area contributed by atoms with Crippen LogP contribution in [0.15, 0.2) is 24.3 Å². The highest BCUT2D eigenvalue weighted by Crippen LogP contribution is 2.14. The van der Waals surface area contributed by atoms with Crippen LogP contribution in [0.1, 0.15) is 36.4 Å². The van der Waals surface area contributed by atoms with Crippen molar-refractivity contribution in [3.05, 3.63) is 52.6 Å². The minimum absolute atomic E-state index is 0.255. The quantitative estimate of drug-likeness (QED) is 0.877. The summed E-state index contributed by atoms with van der Waals surface area (Å²) in [6, 6.07) is 7.12. The molecule has 0 saturated carbocycles. The lowest BCUT2D eigenvalue weighted by Gasteiger charge is -2.07. The molecular weight excluding hydrogens is 265 g/mol. The Labute approximate surface area is 125 Å². The predicted octanol–water partition coefficient (Wildman–Crippen LogP) is 2.51. The Morgan fingerprint density at radius 3 is 2.67 bits per heavy atom. The summed E-state index contributed by atoms with van der Waals surface area (Å²) in [5, 5.41) is 4.51. The minimum atomic E-state index is -0.255. The number of nitrogens with two attached hydrogens (primary N) is 1. The van der Waals surface area contributed by atoms with E-state index in [4.69, 9.17) is 5.73 Å². The molecule has 21 heavy (non-hydrogen) atoms. The summed E-state index contributed by atoms with van der Waals surface area (Å²) in [5.74, 6) is 5.30. The number of aryl methyl sites for hydroxylation is 2. The molecular formula is C17H20FN3. The van der Waals surface area contributed by atoms with Gasteiger partial charge in [0.2, 0.25) is 0 Å². The molecule has 0 spiro atoms. The third kappa shape index (κ3) is 3.71. The summed E-state index contributed by atoms with van der Waals surface area (Å²) in [5.41, 5.74) is 8.74. The largest absolute Gasteiger partial charge is 0.320 e. The second-order valence-corrected chi connectivity index (χ2v) is 4.80. The van der Waals surface area contributed by atoms with Crippen LogP contribution in [0.5, 0.6) is 0 Å². The fourth-order valence-corrected chi connectivity index (χ4v) is 2.18. The zero-order valence-electron chi connectivity index (χ0n) is 12.5. The van der Waals surface area contributed by atoms with E-state index in [1.165, 1.54) is 6.07 Å². The van der Waals surface area contributed by atoms with Crippen LogP contribution in [-0.4, -0.2) is 16.3 Å². The van der Waals surface area contributed by atoms with Gasteiger partial charge in [0, 0.05) is 16.8 Å². The van der Waals surface area contributed by atoms with E-state index in [1.54, 1.807) is 6.07 Å². The highest BCUT2D eigenvalue weighted by Gasteiger charge is 2.09. The molecule has 110 valence electrons. The van der Waals surface area contributed by atoms with Crippen LogP contribution in [0.25, 0.3) is 0 Å². The Kier molecular flexibility index (Phi) is 5.13. The first kappa shape index (κ1) is 15.3. The summed E-state index contributed by atoms with van der Waals surface area (Å²) in [6.07, 6.45) is 1.77. The topological polar surface area (TPSA) is 43.8 Å². The molecule has 4 heteroatoms. The monoisotopic (exact) mass is 285 g/mol. The fraction of sp³-hybridized carbons (Fsp3) is 0.353. The molecule has 0 atom stereocenters. The molecule has 0 saturated heterocycles. The molecule has 1 aromatic heterocycles. The van der Waals surface area contributed by atoms with Crippen molar-refractivity contribution in [3.63, 3.8) is 0 Å². The van der Waals surface area contributed by atoms with Crippen molar-refractivity contribution in [1.82, 2.24) is 9.78 Å². The number of rotatable bonds is 4. The zero-order valence-corrected chi connectivity index (χ0v) is 12.5. The van der Waals surface area contributed by atoms with Gasteiger partial charge in [-0.1, -0.05) is 31.8 Å². The number of halogens is 1. The molecule has 1 heterocycles. The first-order chi connectivity index (χ1) is 10.2. The van der Waals surface area contributed by atoms with Crippen LogP contribution in [0, 0.1) is 17.7 Å². The molecule has 0 fully saturated rings. The van der Waals surface area contributed by atoms with Crippen LogP contribution >= 0.6 is 0 Å². The van der Waals surface area contributed by atoms with Gasteiger partial charge < -0.3 is 5.73 Å². The molecule has 0 aliphatic carbocycles. The van der Waals surface area contributed by atoms with E-state index in [0.29, 0.717) is 17.7 Å². The van der Waals surface area contributed by atoms with Crippen molar-refractivity contribution in [1.29, 1.82) is 0 Å².